The van der Waals surface area contributed by atoms with E-state index in [1.54, 1.807) is 0 Å². The Balaban J connectivity index is 2.21. The first-order valence-corrected chi connectivity index (χ1v) is 5.65. The smallest absolute Gasteiger partial charge is 0.125 e. The fraction of sp³-hybridized carbons (Fsp3) is 0.538. The molecule has 0 bridgehead atoms. The molecule has 0 saturated carbocycles. The van der Waals surface area contributed by atoms with Gasteiger partial charge in [0.05, 0.1) is 6.61 Å². The van der Waals surface area contributed by atoms with Gasteiger partial charge in [0.2, 0.25) is 0 Å². The lowest BCUT2D eigenvalue weighted by atomic mass is 9.99. The summed E-state index contributed by atoms with van der Waals surface area (Å²) in [6.45, 7) is 3.13. The molecule has 0 aliphatic carbocycles. The van der Waals surface area contributed by atoms with E-state index in [0.29, 0.717) is 0 Å². The first kappa shape index (κ1) is 9.57. The molecule has 0 fully saturated rings. The summed E-state index contributed by atoms with van der Waals surface area (Å²) in [6, 6.07) is 6.57. The van der Waals surface area contributed by atoms with Crippen molar-refractivity contribution in [1.82, 2.24) is 0 Å². The third kappa shape index (κ3) is 1.92. The van der Waals surface area contributed by atoms with Gasteiger partial charge in [-0.2, -0.15) is 0 Å². The van der Waals surface area contributed by atoms with Crippen LogP contribution in [0.5, 0.6) is 5.75 Å². The van der Waals surface area contributed by atoms with Gasteiger partial charge in [-0.25, -0.2) is 0 Å². The van der Waals surface area contributed by atoms with Crippen LogP contribution in [0.2, 0.25) is 0 Å². The lowest BCUT2D eigenvalue weighted by Gasteiger charge is -2.20. The molecule has 0 spiro atoms. The van der Waals surface area contributed by atoms with Gasteiger partial charge in [-0.05, 0) is 36.8 Å². The summed E-state index contributed by atoms with van der Waals surface area (Å²) in [7, 11) is 0. The van der Waals surface area contributed by atoms with E-state index >= 15 is 0 Å². The molecule has 0 atom stereocenters. The molecule has 76 valence electrons. The van der Waals surface area contributed by atoms with Gasteiger partial charge >= 0.3 is 0 Å². The molecule has 0 saturated heterocycles. The molecular weight excluding hydrogens is 172 g/mol. The summed E-state index contributed by atoms with van der Waals surface area (Å²) in [4.78, 5) is 0. The average molecular weight is 190 g/mol. The zero-order chi connectivity index (χ0) is 9.80. The summed E-state index contributed by atoms with van der Waals surface area (Å²) in [5.41, 5.74) is 2.81. The van der Waals surface area contributed by atoms with Crippen molar-refractivity contribution in [2.24, 2.45) is 0 Å². The Morgan fingerprint density at radius 2 is 2.29 bits per heavy atom. The lowest BCUT2D eigenvalue weighted by Crippen LogP contribution is -2.10. The average Bonchev–Trinajstić information content (AvgIpc) is 2.26. The molecule has 1 aliphatic rings. The lowest BCUT2D eigenvalue weighted by molar-refractivity contribution is 0.285. The SMILES string of the molecule is CCCCc1cccc2c1OCCC2. The van der Waals surface area contributed by atoms with Gasteiger partial charge in [0.25, 0.3) is 0 Å². The highest BCUT2D eigenvalue weighted by atomic mass is 16.5. The van der Waals surface area contributed by atoms with E-state index in [-0.39, 0.29) is 0 Å². The predicted molar refractivity (Wildman–Crippen MR) is 58.9 cm³/mol. The van der Waals surface area contributed by atoms with E-state index in [0.717, 1.165) is 6.61 Å². The molecule has 1 aromatic carbocycles. The Morgan fingerprint density at radius 3 is 3.14 bits per heavy atom. The molecular formula is C13H18O. The highest BCUT2D eigenvalue weighted by Gasteiger charge is 2.13. The topological polar surface area (TPSA) is 9.23 Å². The second-order valence-electron chi connectivity index (χ2n) is 3.96. The first-order valence-electron chi connectivity index (χ1n) is 5.65. The summed E-state index contributed by atoms with van der Waals surface area (Å²) < 4.78 is 5.75. The Kier molecular flexibility index (Phi) is 3.07. The number of benzene rings is 1. The molecule has 0 radical (unpaired) electrons. The molecule has 0 amide bonds. The maximum atomic E-state index is 5.75. The van der Waals surface area contributed by atoms with Crippen molar-refractivity contribution < 1.29 is 4.74 Å². The highest BCUT2D eigenvalue weighted by Crippen LogP contribution is 2.29. The van der Waals surface area contributed by atoms with Crippen LogP contribution < -0.4 is 4.74 Å². The number of hydrogen-bond acceptors (Lipinski definition) is 1. The van der Waals surface area contributed by atoms with Gasteiger partial charge in [-0.3, -0.25) is 0 Å². The van der Waals surface area contributed by atoms with Crippen LogP contribution in [-0.4, -0.2) is 6.61 Å². The quantitative estimate of drug-likeness (QED) is 0.710. The highest BCUT2D eigenvalue weighted by molar-refractivity contribution is 5.42. The standard InChI is InChI=1S/C13H18O/c1-2-3-6-11-7-4-8-12-9-5-10-14-13(11)12/h4,7-8H,2-3,5-6,9-10H2,1H3. The molecule has 2 rings (SSSR count). The van der Waals surface area contributed by atoms with Crippen LogP contribution in [0, 0.1) is 0 Å². The van der Waals surface area contributed by atoms with E-state index in [9.17, 15) is 0 Å². The summed E-state index contributed by atoms with van der Waals surface area (Å²) in [5, 5.41) is 0. The van der Waals surface area contributed by atoms with E-state index in [1.807, 2.05) is 0 Å². The van der Waals surface area contributed by atoms with Crippen molar-refractivity contribution in [2.45, 2.75) is 39.0 Å². The first-order chi connectivity index (χ1) is 6.92. The van der Waals surface area contributed by atoms with Crippen LogP contribution in [0.3, 0.4) is 0 Å². The van der Waals surface area contributed by atoms with Crippen molar-refractivity contribution in [3.05, 3.63) is 29.3 Å². The molecule has 1 heteroatoms. The number of rotatable bonds is 3. The maximum Gasteiger partial charge on any atom is 0.125 e. The van der Waals surface area contributed by atoms with Crippen LogP contribution in [0.25, 0.3) is 0 Å². The van der Waals surface area contributed by atoms with Crippen LogP contribution in [-0.2, 0) is 12.8 Å². The third-order valence-corrected chi connectivity index (χ3v) is 2.81. The van der Waals surface area contributed by atoms with Gasteiger partial charge in [0.15, 0.2) is 0 Å². The molecule has 1 nitrogen and oxygen atoms in total. The molecule has 1 aromatic rings. The second kappa shape index (κ2) is 4.50. The Bertz CT molecular complexity index is 304. The van der Waals surface area contributed by atoms with Crippen LogP contribution in [0.4, 0.5) is 0 Å². The minimum absolute atomic E-state index is 0.899. The molecule has 1 heterocycles. The molecule has 0 unspecified atom stereocenters. The summed E-state index contributed by atoms with van der Waals surface area (Å²) in [5.74, 6) is 1.19. The van der Waals surface area contributed by atoms with E-state index in [4.69, 9.17) is 4.74 Å². The Morgan fingerprint density at radius 1 is 1.36 bits per heavy atom. The van der Waals surface area contributed by atoms with Gasteiger partial charge < -0.3 is 4.74 Å². The van der Waals surface area contributed by atoms with Crippen molar-refractivity contribution in [3.8, 4) is 5.75 Å². The minimum Gasteiger partial charge on any atom is -0.493 e. The van der Waals surface area contributed by atoms with E-state index in [1.165, 1.54) is 49.0 Å². The van der Waals surface area contributed by atoms with Crippen molar-refractivity contribution in [2.75, 3.05) is 6.61 Å². The largest absolute Gasteiger partial charge is 0.493 e. The fourth-order valence-corrected chi connectivity index (χ4v) is 2.02. The van der Waals surface area contributed by atoms with Crippen LogP contribution in [0.15, 0.2) is 18.2 Å². The van der Waals surface area contributed by atoms with Crippen molar-refractivity contribution in [3.63, 3.8) is 0 Å². The van der Waals surface area contributed by atoms with Gasteiger partial charge in [-0.15, -0.1) is 0 Å². The Hall–Kier alpha value is -0.980. The van der Waals surface area contributed by atoms with Crippen LogP contribution in [0.1, 0.15) is 37.3 Å². The number of unbranched alkanes of at least 4 members (excludes halogenated alkanes) is 1. The number of aryl methyl sites for hydroxylation is 2. The Labute approximate surface area is 86.1 Å². The van der Waals surface area contributed by atoms with Gasteiger partial charge in [0, 0.05) is 0 Å². The maximum absolute atomic E-state index is 5.75. The van der Waals surface area contributed by atoms with E-state index in [2.05, 4.69) is 25.1 Å². The van der Waals surface area contributed by atoms with Crippen molar-refractivity contribution in [1.29, 1.82) is 0 Å². The number of ether oxygens (including phenoxy) is 1. The molecule has 0 aromatic heterocycles. The van der Waals surface area contributed by atoms with E-state index < -0.39 is 0 Å². The zero-order valence-corrected chi connectivity index (χ0v) is 8.88. The minimum atomic E-state index is 0.899. The zero-order valence-electron chi connectivity index (χ0n) is 8.88. The monoisotopic (exact) mass is 190 g/mol. The van der Waals surface area contributed by atoms with Crippen LogP contribution >= 0.6 is 0 Å². The molecule has 1 aliphatic heterocycles. The normalized spacial score (nSPS) is 14.6. The number of fused-ring (bicyclic) bond motifs is 1. The molecule has 0 N–H and O–H groups in total. The van der Waals surface area contributed by atoms with Crippen molar-refractivity contribution >= 4 is 0 Å². The van der Waals surface area contributed by atoms with Gasteiger partial charge in [0.1, 0.15) is 5.75 Å². The predicted octanol–water partition coefficient (Wildman–Crippen LogP) is 3.35. The summed E-state index contributed by atoms with van der Waals surface area (Å²) in [6.07, 6.45) is 6.04. The number of para-hydroxylation sites is 1. The second-order valence-corrected chi connectivity index (χ2v) is 3.96. The van der Waals surface area contributed by atoms with Gasteiger partial charge in [-0.1, -0.05) is 31.5 Å². The summed E-state index contributed by atoms with van der Waals surface area (Å²) >= 11 is 0. The fourth-order valence-electron chi connectivity index (χ4n) is 2.02. The molecule has 14 heavy (non-hydrogen) atoms. The number of hydrogen-bond donors (Lipinski definition) is 0. The third-order valence-electron chi connectivity index (χ3n) is 2.81.